The van der Waals surface area contributed by atoms with Gasteiger partial charge in [0.05, 0.1) is 22.1 Å². The van der Waals surface area contributed by atoms with Gasteiger partial charge in [-0.3, -0.25) is 4.90 Å². The van der Waals surface area contributed by atoms with Crippen LogP contribution in [-0.2, 0) is 16.4 Å². The van der Waals surface area contributed by atoms with E-state index in [1.807, 2.05) is 37.3 Å². The third-order valence-electron chi connectivity index (χ3n) is 6.15. The van der Waals surface area contributed by atoms with Crippen LogP contribution in [0.5, 0.6) is 0 Å². The number of aromatic nitrogens is 1. The van der Waals surface area contributed by atoms with Gasteiger partial charge in [-0.1, -0.05) is 51.8 Å². The van der Waals surface area contributed by atoms with E-state index in [9.17, 15) is 8.42 Å². The zero-order chi connectivity index (χ0) is 19.5. The van der Waals surface area contributed by atoms with E-state index in [1.54, 1.807) is 16.1 Å². The van der Waals surface area contributed by atoms with Crippen molar-refractivity contribution in [1.82, 2.24) is 8.87 Å². The molecular formula is C22H23BrN2O2S. The van der Waals surface area contributed by atoms with Crippen molar-refractivity contribution in [2.75, 3.05) is 13.1 Å². The summed E-state index contributed by atoms with van der Waals surface area (Å²) in [6, 6.07) is 15.3. The maximum Gasteiger partial charge on any atom is 0.268 e. The number of rotatable bonds is 2. The molecule has 1 fully saturated rings. The number of nitrogens with zero attached hydrogens (tertiary/aromatic N) is 2. The number of aryl methyl sites for hydroxylation is 1. The van der Waals surface area contributed by atoms with E-state index in [0.29, 0.717) is 9.72 Å². The van der Waals surface area contributed by atoms with Crippen LogP contribution in [0, 0.1) is 6.92 Å². The molecule has 6 heteroatoms. The van der Waals surface area contributed by atoms with Gasteiger partial charge in [-0.25, -0.2) is 12.4 Å². The smallest absolute Gasteiger partial charge is 0.268 e. The summed E-state index contributed by atoms with van der Waals surface area (Å²) in [6.07, 6.45) is 2.94. The summed E-state index contributed by atoms with van der Waals surface area (Å²) in [5.41, 5.74) is 4.02. The molecule has 0 amide bonds. The average Bonchev–Trinajstić information content (AvgIpc) is 3.04. The molecule has 1 saturated heterocycles. The van der Waals surface area contributed by atoms with E-state index < -0.39 is 10.0 Å². The van der Waals surface area contributed by atoms with Crippen LogP contribution in [0.4, 0.5) is 0 Å². The molecule has 5 rings (SSSR count). The first-order chi connectivity index (χ1) is 13.5. The molecule has 0 aliphatic carbocycles. The second-order valence-electron chi connectivity index (χ2n) is 7.89. The lowest BCUT2D eigenvalue weighted by Gasteiger charge is -2.41. The van der Waals surface area contributed by atoms with Crippen LogP contribution in [0.25, 0.3) is 10.9 Å². The lowest BCUT2D eigenvalue weighted by atomic mass is 9.91. The number of para-hydroxylation sites is 1. The average molecular weight is 459 g/mol. The molecule has 1 unspecified atom stereocenters. The Hall–Kier alpha value is -1.63. The molecule has 3 aromatic rings. The lowest BCUT2D eigenvalue weighted by Crippen LogP contribution is -2.42. The molecule has 28 heavy (non-hydrogen) atoms. The van der Waals surface area contributed by atoms with Crippen molar-refractivity contribution >= 4 is 36.9 Å². The predicted molar refractivity (Wildman–Crippen MR) is 116 cm³/mol. The topological polar surface area (TPSA) is 42.3 Å². The first-order valence-corrected chi connectivity index (χ1v) is 12.1. The molecule has 0 spiro atoms. The number of hydrogen-bond acceptors (Lipinski definition) is 3. The number of benzene rings is 2. The van der Waals surface area contributed by atoms with Crippen molar-refractivity contribution in [2.45, 2.75) is 42.0 Å². The van der Waals surface area contributed by atoms with Crippen molar-refractivity contribution in [2.24, 2.45) is 0 Å². The van der Waals surface area contributed by atoms with Crippen molar-refractivity contribution in [3.8, 4) is 0 Å². The standard InChI is InChI=1S/C22H23BrN2O2S/c1-15-6-8-17(9-7-15)28(26,27)25-20-5-3-2-4-18(20)19-11-13-24-12-10-16(23)14-21(24)22(19)25/h2-9,16,21H,10-14H2,1H3/t16?,21-/m0/s1. The third kappa shape index (κ3) is 2.77. The fourth-order valence-corrected chi connectivity index (χ4v) is 6.91. The van der Waals surface area contributed by atoms with Gasteiger partial charge in [-0.05, 0) is 56.5 Å². The van der Waals surface area contributed by atoms with Crippen LogP contribution >= 0.6 is 15.9 Å². The van der Waals surface area contributed by atoms with Gasteiger partial charge in [-0.2, -0.15) is 0 Å². The molecule has 3 heterocycles. The van der Waals surface area contributed by atoms with Crippen LogP contribution in [0.2, 0.25) is 0 Å². The fourth-order valence-electron chi connectivity index (χ4n) is 4.75. The zero-order valence-electron chi connectivity index (χ0n) is 15.8. The summed E-state index contributed by atoms with van der Waals surface area (Å²) < 4.78 is 29.2. The van der Waals surface area contributed by atoms with Crippen LogP contribution < -0.4 is 0 Å². The van der Waals surface area contributed by atoms with Gasteiger partial charge in [0.2, 0.25) is 0 Å². The highest BCUT2D eigenvalue weighted by Crippen LogP contribution is 2.44. The van der Waals surface area contributed by atoms with Crippen molar-refractivity contribution in [1.29, 1.82) is 0 Å². The van der Waals surface area contributed by atoms with Gasteiger partial charge in [0.25, 0.3) is 10.0 Å². The Morgan fingerprint density at radius 2 is 1.79 bits per heavy atom. The van der Waals surface area contributed by atoms with Gasteiger partial charge in [0.1, 0.15) is 0 Å². The summed E-state index contributed by atoms with van der Waals surface area (Å²) in [4.78, 5) is 3.23. The SMILES string of the molecule is Cc1ccc(S(=O)(=O)n2c3c(c4ccccc42)CCN2CCC(Br)C[C@@H]32)cc1. The zero-order valence-corrected chi connectivity index (χ0v) is 18.2. The monoisotopic (exact) mass is 458 g/mol. The summed E-state index contributed by atoms with van der Waals surface area (Å²) in [6.45, 7) is 3.97. The van der Waals surface area contributed by atoms with Gasteiger partial charge >= 0.3 is 0 Å². The number of piperidine rings is 1. The second kappa shape index (κ2) is 6.71. The van der Waals surface area contributed by atoms with Gasteiger partial charge in [0, 0.05) is 16.8 Å². The number of alkyl halides is 1. The summed E-state index contributed by atoms with van der Waals surface area (Å²) >= 11 is 3.79. The van der Waals surface area contributed by atoms with Crippen molar-refractivity contribution in [3.63, 3.8) is 0 Å². The molecule has 146 valence electrons. The molecule has 2 aliphatic rings. The molecular weight excluding hydrogens is 436 g/mol. The molecule has 4 nitrogen and oxygen atoms in total. The highest BCUT2D eigenvalue weighted by Gasteiger charge is 2.39. The van der Waals surface area contributed by atoms with Crippen molar-refractivity contribution in [3.05, 3.63) is 65.4 Å². The fraction of sp³-hybridized carbons (Fsp3) is 0.364. The molecule has 0 radical (unpaired) electrons. The van der Waals surface area contributed by atoms with E-state index >= 15 is 0 Å². The van der Waals surface area contributed by atoms with E-state index in [2.05, 4.69) is 26.9 Å². The normalized spacial score (nSPS) is 22.8. The number of halogens is 1. The number of hydrogen-bond donors (Lipinski definition) is 0. The maximum atomic E-state index is 13.8. The molecule has 1 aromatic heterocycles. The maximum absolute atomic E-state index is 13.8. The van der Waals surface area contributed by atoms with Gasteiger partial charge in [0.15, 0.2) is 0 Å². The van der Waals surface area contributed by atoms with E-state index in [1.165, 1.54) is 5.56 Å². The Balaban J connectivity index is 1.80. The highest BCUT2D eigenvalue weighted by atomic mass is 79.9. The van der Waals surface area contributed by atoms with Gasteiger partial charge in [-0.15, -0.1) is 0 Å². The minimum Gasteiger partial charge on any atom is -0.294 e. The van der Waals surface area contributed by atoms with E-state index in [-0.39, 0.29) is 6.04 Å². The van der Waals surface area contributed by atoms with Gasteiger partial charge < -0.3 is 0 Å². The Bertz CT molecular complexity index is 1150. The van der Waals surface area contributed by atoms with Crippen LogP contribution in [0.1, 0.15) is 35.7 Å². The summed E-state index contributed by atoms with van der Waals surface area (Å²) in [7, 11) is -3.67. The summed E-state index contributed by atoms with van der Waals surface area (Å²) in [5, 5.41) is 1.07. The van der Waals surface area contributed by atoms with E-state index in [0.717, 1.165) is 54.5 Å². The van der Waals surface area contributed by atoms with Crippen LogP contribution in [-0.4, -0.2) is 35.2 Å². The molecule has 2 atom stereocenters. The molecule has 0 N–H and O–H groups in total. The first-order valence-electron chi connectivity index (χ1n) is 9.79. The number of fused-ring (bicyclic) bond motifs is 5. The van der Waals surface area contributed by atoms with Crippen LogP contribution in [0.3, 0.4) is 0 Å². The minimum atomic E-state index is -3.67. The Morgan fingerprint density at radius 1 is 1.04 bits per heavy atom. The first kappa shape index (κ1) is 18.4. The summed E-state index contributed by atoms with van der Waals surface area (Å²) in [5.74, 6) is 0. The van der Waals surface area contributed by atoms with Crippen LogP contribution in [0.15, 0.2) is 53.4 Å². The van der Waals surface area contributed by atoms with E-state index in [4.69, 9.17) is 0 Å². The quantitative estimate of drug-likeness (QED) is 0.525. The molecule has 0 bridgehead atoms. The molecule has 2 aliphatic heterocycles. The van der Waals surface area contributed by atoms with Crippen molar-refractivity contribution < 1.29 is 8.42 Å². The second-order valence-corrected chi connectivity index (χ2v) is 11.0. The third-order valence-corrected chi connectivity index (χ3v) is 8.72. The Morgan fingerprint density at radius 3 is 2.57 bits per heavy atom. The Labute approximate surface area is 174 Å². The highest BCUT2D eigenvalue weighted by molar-refractivity contribution is 9.09. The largest absolute Gasteiger partial charge is 0.294 e. The molecule has 2 aromatic carbocycles. The minimum absolute atomic E-state index is 0.134. The molecule has 0 saturated carbocycles. The Kier molecular flexibility index (Phi) is 4.41. The predicted octanol–water partition coefficient (Wildman–Crippen LogP) is 4.64. The lowest BCUT2D eigenvalue weighted by molar-refractivity contribution is 0.140.